The van der Waals surface area contributed by atoms with Gasteiger partial charge < -0.3 is 19.5 Å². The second-order valence-electron chi connectivity index (χ2n) is 9.64. The molecule has 208 valence electrons. The first kappa shape index (κ1) is 34.9. The van der Waals surface area contributed by atoms with Crippen LogP contribution in [0.15, 0.2) is 0 Å². The first-order valence-electron chi connectivity index (χ1n) is 12.8. The van der Waals surface area contributed by atoms with Crippen LogP contribution >= 0.6 is 46.6 Å². The Bertz CT molecular complexity index is 556. The Hall–Kier alpha value is -0.0800. The van der Waals surface area contributed by atoms with Crippen LogP contribution in [0.2, 0.25) is 0 Å². The van der Waals surface area contributed by atoms with Crippen LogP contribution in [0, 0.1) is 0 Å². The maximum absolute atomic E-state index is 12.5. The highest BCUT2D eigenvalue weighted by molar-refractivity contribution is 7.99. The minimum atomic E-state index is -1.72. The normalized spacial score (nSPS) is 12.9. The number of carbonyl (C=O) groups excluding carboxylic acids is 2. The quantitative estimate of drug-likeness (QED) is 0.0900. The second kappa shape index (κ2) is 20.9. The molecule has 0 aliphatic rings. The second-order valence-corrected chi connectivity index (χ2v) is 13.3. The van der Waals surface area contributed by atoms with Crippen molar-refractivity contribution >= 4 is 58.6 Å². The van der Waals surface area contributed by atoms with Crippen LogP contribution in [-0.2, 0) is 19.0 Å². The zero-order chi connectivity index (χ0) is 26.6. The average Bonchev–Trinajstić information content (AvgIpc) is 2.75. The third-order valence-corrected chi connectivity index (χ3v) is 6.33. The first-order valence-corrected chi connectivity index (χ1v) is 15.1. The Morgan fingerprint density at radius 1 is 0.857 bits per heavy atom. The Kier molecular flexibility index (Phi) is 20.9. The molecule has 0 saturated heterocycles. The third-order valence-electron chi connectivity index (χ3n) is 4.85. The van der Waals surface area contributed by atoms with Crippen molar-refractivity contribution in [3.05, 3.63) is 0 Å². The number of nitrogens with one attached hydrogen (secondary N) is 1. The van der Waals surface area contributed by atoms with Gasteiger partial charge in [-0.2, -0.15) is 11.8 Å². The van der Waals surface area contributed by atoms with Gasteiger partial charge in [-0.1, -0.05) is 99.5 Å². The molecule has 1 atom stereocenters. The van der Waals surface area contributed by atoms with Gasteiger partial charge in [-0.25, -0.2) is 9.59 Å². The van der Waals surface area contributed by atoms with Gasteiger partial charge in [0.15, 0.2) is 0 Å². The molecule has 6 nitrogen and oxygen atoms in total. The van der Waals surface area contributed by atoms with Gasteiger partial charge in [0.25, 0.3) is 0 Å². The van der Waals surface area contributed by atoms with Gasteiger partial charge in [0, 0.05) is 19.0 Å². The molecule has 0 bridgehead atoms. The highest BCUT2D eigenvalue weighted by Crippen LogP contribution is 2.26. The summed E-state index contributed by atoms with van der Waals surface area (Å²) in [6.07, 6.45) is 13.1. The highest BCUT2D eigenvalue weighted by Gasteiger charge is 2.28. The van der Waals surface area contributed by atoms with Crippen molar-refractivity contribution < 1.29 is 23.8 Å². The van der Waals surface area contributed by atoms with Gasteiger partial charge in [0.1, 0.15) is 18.2 Å². The number of hydrogen-bond acceptors (Lipinski definition) is 6. The number of amides is 1. The molecule has 0 aliphatic carbocycles. The molecule has 0 unspecified atom stereocenters. The molecule has 0 heterocycles. The van der Waals surface area contributed by atoms with Crippen LogP contribution in [0.4, 0.5) is 4.79 Å². The van der Waals surface area contributed by atoms with Crippen LogP contribution in [0.5, 0.6) is 0 Å². The van der Waals surface area contributed by atoms with Gasteiger partial charge in [-0.3, -0.25) is 0 Å². The lowest BCUT2D eigenvalue weighted by atomic mass is 10.1. The van der Waals surface area contributed by atoms with Crippen molar-refractivity contribution in [2.45, 2.75) is 114 Å². The van der Waals surface area contributed by atoms with Gasteiger partial charge in [0.2, 0.25) is 3.79 Å². The topological polar surface area (TPSA) is 73.9 Å². The fraction of sp³-hybridized carbons (Fsp3) is 0.920. The molecular weight excluding hydrogens is 533 g/mol. The molecule has 0 spiro atoms. The number of unbranched alkanes of at least 4 members (excludes halogenated alkanes) is 9. The summed E-state index contributed by atoms with van der Waals surface area (Å²) in [5.74, 6) is 0.603. The van der Waals surface area contributed by atoms with Crippen molar-refractivity contribution in [3.63, 3.8) is 0 Å². The Labute approximate surface area is 232 Å². The lowest BCUT2D eigenvalue weighted by Gasteiger charge is -2.24. The number of ether oxygens (including phenoxy) is 3. The maximum Gasteiger partial charge on any atom is 0.408 e. The summed E-state index contributed by atoms with van der Waals surface area (Å²) in [5.41, 5.74) is -0.675. The van der Waals surface area contributed by atoms with Crippen LogP contribution in [0.25, 0.3) is 0 Å². The van der Waals surface area contributed by atoms with E-state index in [4.69, 9.17) is 49.0 Å². The van der Waals surface area contributed by atoms with Crippen molar-refractivity contribution in [1.29, 1.82) is 0 Å². The lowest BCUT2D eigenvalue weighted by Crippen LogP contribution is -2.46. The minimum absolute atomic E-state index is 0.343. The van der Waals surface area contributed by atoms with Crippen LogP contribution in [0.1, 0.15) is 98.3 Å². The molecule has 1 amide bonds. The summed E-state index contributed by atoms with van der Waals surface area (Å²) < 4.78 is 14.3. The molecule has 1 N–H and O–H groups in total. The van der Waals surface area contributed by atoms with Crippen LogP contribution < -0.4 is 5.32 Å². The van der Waals surface area contributed by atoms with E-state index in [-0.39, 0.29) is 0 Å². The Balaban J connectivity index is 3.96. The van der Waals surface area contributed by atoms with E-state index in [1.807, 2.05) is 0 Å². The van der Waals surface area contributed by atoms with E-state index < -0.39 is 34.1 Å². The van der Waals surface area contributed by atoms with Crippen molar-refractivity contribution in [1.82, 2.24) is 5.32 Å². The summed E-state index contributed by atoms with van der Waals surface area (Å²) in [7, 11) is 0. The molecule has 0 aliphatic heterocycles. The van der Waals surface area contributed by atoms with Crippen LogP contribution in [-0.4, -0.2) is 58.8 Å². The maximum atomic E-state index is 12.5. The Morgan fingerprint density at radius 3 is 1.94 bits per heavy atom. The van der Waals surface area contributed by atoms with E-state index in [0.717, 1.165) is 25.2 Å². The molecule has 10 heteroatoms. The number of thioether (sulfide) groups is 1. The molecule has 0 aromatic carbocycles. The van der Waals surface area contributed by atoms with Gasteiger partial charge in [-0.05, 0) is 39.4 Å². The smallest absolute Gasteiger partial charge is 0.408 e. The zero-order valence-corrected chi connectivity index (χ0v) is 25.1. The summed E-state index contributed by atoms with van der Waals surface area (Å²) in [5, 5.41) is 2.50. The van der Waals surface area contributed by atoms with Gasteiger partial charge in [0.05, 0.1) is 0 Å². The number of rotatable bonds is 20. The SMILES string of the molecule is CCCCCCCCCCCCOCCCSC[C@H](NC(=O)OCC(Cl)(Cl)Cl)C(=O)OC(C)(C)C. The molecular formula is C25H46Cl3NO5S. The van der Waals surface area contributed by atoms with Crippen molar-refractivity contribution in [3.8, 4) is 0 Å². The monoisotopic (exact) mass is 577 g/mol. The van der Waals surface area contributed by atoms with Crippen molar-refractivity contribution in [2.75, 3.05) is 31.3 Å². The summed E-state index contributed by atoms with van der Waals surface area (Å²) in [6.45, 7) is 8.60. The van der Waals surface area contributed by atoms with E-state index in [9.17, 15) is 9.59 Å². The van der Waals surface area contributed by atoms with E-state index in [0.29, 0.717) is 12.4 Å². The molecule has 0 saturated carbocycles. The summed E-state index contributed by atoms with van der Waals surface area (Å²) in [6, 6.07) is -0.866. The Morgan fingerprint density at radius 2 is 1.40 bits per heavy atom. The third kappa shape index (κ3) is 25.4. The minimum Gasteiger partial charge on any atom is -0.458 e. The van der Waals surface area contributed by atoms with E-state index in [1.54, 1.807) is 20.8 Å². The predicted molar refractivity (Wildman–Crippen MR) is 149 cm³/mol. The fourth-order valence-electron chi connectivity index (χ4n) is 3.13. The molecule has 0 aromatic rings. The largest absolute Gasteiger partial charge is 0.458 e. The zero-order valence-electron chi connectivity index (χ0n) is 22.0. The molecule has 0 rings (SSSR count). The standard InChI is InChI=1S/C25H46Cl3NO5S/c1-5-6-7-8-9-10-11-12-13-14-16-32-17-15-18-35-19-21(22(30)34-24(2,3)4)29-23(31)33-20-25(26,27)28/h21H,5-20H2,1-4H3,(H,29,31)/t21-/m0/s1. The highest BCUT2D eigenvalue weighted by atomic mass is 35.6. The number of halogens is 3. The van der Waals surface area contributed by atoms with Crippen LogP contribution in [0.3, 0.4) is 0 Å². The number of alkyl carbamates (subject to hydrolysis) is 1. The molecule has 0 fully saturated rings. The van der Waals surface area contributed by atoms with E-state index >= 15 is 0 Å². The number of carbonyl (C=O) groups is 2. The fourth-order valence-corrected chi connectivity index (χ4v) is 4.24. The molecule has 0 radical (unpaired) electrons. The summed E-state index contributed by atoms with van der Waals surface area (Å²) >= 11 is 18.3. The molecule has 35 heavy (non-hydrogen) atoms. The van der Waals surface area contributed by atoms with Gasteiger partial charge in [-0.15, -0.1) is 0 Å². The van der Waals surface area contributed by atoms with E-state index in [1.165, 1.54) is 69.5 Å². The number of esters is 1. The number of hydrogen-bond donors (Lipinski definition) is 1. The summed E-state index contributed by atoms with van der Waals surface area (Å²) in [4.78, 5) is 24.5. The van der Waals surface area contributed by atoms with Crippen molar-refractivity contribution in [2.24, 2.45) is 0 Å². The number of alkyl halides is 3. The van der Waals surface area contributed by atoms with E-state index in [2.05, 4.69) is 12.2 Å². The van der Waals surface area contributed by atoms with Gasteiger partial charge >= 0.3 is 12.1 Å². The molecule has 0 aromatic heterocycles. The lowest BCUT2D eigenvalue weighted by molar-refractivity contribution is -0.156. The average molecular weight is 579 g/mol. The predicted octanol–water partition coefficient (Wildman–Crippen LogP) is 7.85. The first-order chi connectivity index (χ1) is 16.4.